The Bertz CT molecular complexity index is 1100. The van der Waals surface area contributed by atoms with Crippen molar-refractivity contribution in [2.24, 2.45) is 0 Å². The first-order valence-corrected chi connectivity index (χ1v) is 9.51. The first-order chi connectivity index (χ1) is 12.3. The average Bonchev–Trinajstić information content (AvgIpc) is 2.64. The van der Waals surface area contributed by atoms with E-state index in [1.54, 1.807) is 32.2 Å². The molecular weight excluding hydrogens is 350 g/mol. The van der Waals surface area contributed by atoms with Gasteiger partial charge in [0.25, 0.3) is 5.91 Å². The Morgan fingerprint density at radius 2 is 1.81 bits per heavy atom. The van der Waals surface area contributed by atoms with Gasteiger partial charge in [0.1, 0.15) is 0 Å². The number of pyridine rings is 1. The Kier molecular flexibility index (Phi) is 4.76. The molecule has 1 heterocycles. The van der Waals surface area contributed by atoms with Gasteiger partial charge in [0, 0.05) is 17.1 Å². The van der Waals surface area contributed by atoms with Gasteiger partial charge in [0.2, 0.25) is 10.0 Å². The molecule has 26 heavy (non-hydrogen) atoms. The molecular formula is C19H19N3O3S. The zero-order valence-electron chi connectivity index (χ0n) is 14.7. The molecule has 134 valence electrons. The van der Waals surface area contributed by atoms with Crippen molar-refractivity contribution in [2.45, 2.75) is 18.7 Å². The molecule has 0 aliphatic carbocycles. The third-order valence-electron chi connectivity index (χ3n) is 4.32. The lowest BCUT2D eigenvalue weighted by atomic mass is 10.1. The Morgan fingerprint density at radius 1 is 1.08 bits per heavy atom. The number of para-hydroxylation sites is 1. The van der Waals surface area contributed by atoms with Crippen LogP contribution in [0, 0.1) is 13.8 Å². The van der Waals surface area contributed by atoms with Crippen molar-refractivity contribution in [2.75, 3.05) is 12.4 Å². The maximum absolute atomic E-state index is 12.7. The number of hydrogen-bond donors (Lipinski definition) is 2. The van der Waals surface area contributed by atoms with Crippen LogP contribution in [-0.4, -0.2) is 26.4 Å². The SMILES string of the molecule is CNS(=O)(=O)c1cc(C(=O)Nc2cccc3cccnc23)cc(C)c1C. The van der Waals surface area contributed by atoms with Gasteiger partial charge in [-0.25, -0.2) is 13.1 Å². The fraction of sp³-hybridized carbons (Fsp3) is 0.158. The van der Waals surface area contributed by atoms with Gasteiger partial charge in [-0.3, -0.25) is 9.78 Å². The predicted octanol–water partition coefficient (Wildman–Crippen LogP) is 3.01. The molecule has 3 aromatic rings. The van der Waals surface area contributed by atoms with E-state index in [2.05, 4.69) is 15.0 Å². The topological polar surface area (TPSA) is 88.2 Å². The second-order valence-electron chi connectivity index (χ2n) is 5.96. The number of hydrogen-bond acceptors (Lipinski definition) is 4. The maximum atomic E-state index is 12.7. The zero-order chi connectivity index (χ0) is 18.9. The van der Waals surface area contributed by atoms with E-state index in [9.17, 15) is 13.2 Å². The van der Waals surface area contributed by atoms with Gasteiger partial charge in [-0.15, -0.1) is 0 Å². The van der Waals surface area contributed by atoms with E-state index in [1.165, 1.54) is 13.1 Å². The van der Waals surface area contributed by atoms with Crippen molar-refractivity contribution in [1.82, 2.24) is 9.71 Å². The molecule has 2 N–H and O–H groups in total. The van der Waals surface area contributed by atoms with Crippen molar-refractivity contribution in [1.29, 1.82) is 0 Å². The summed E-state index contributed by atoms with van der Waals surface area (Å²) in [5.41, 5.74) is 2.86. The van der Waals surface area contributed by atoms with Crippen LogP contribution in [0.5, 0.6) is 0 Å². The number of rotatable bonds is 4. The van der Waals surface area contributed by atoms with E-state index >= 15 is 0 Å². The highest BCUT2D eigenvalue weighted by atomic mass is 32.2. The highest BCUT2D eigenvalue weighted by molar-refractivity contribution is 7.89. The summed E-state index contributed by atoms with van der Waals surface area (Å²) >= 11 is 0. The van der Waals surface area contributed by atoms with Crippen LogP contribution in [-0.2, 0) is 10.0 Å². The summed E-state index contributed by atoms with van der Waals surface area (Å²) in [6.45, 7) is 3.50. The number of carbonyl (C=O) groups is 1. The first kappa shape index (κ1) is 18.0. The number of aryl methyl sites for hydroxylation is 1. The summed E-state index contributed by atoms with van der Waals surface area (Å²) in [6.07, 6.45) is 1.66. The van der Waals surface area contributed by atoms with E-state index in [0.29, 0.717) is 16.8 Å². The molecule has 0 aliphatic rings. The third kappa shape index (κ3) is 3.31. The lowest BCUT2D eigenvalue weighted by molar-refractivity contribution is 0.102. The molecule has 1 amide bonds. The lowest BCUT2D eigenvalue weighted by Gasteiger charge is -2.13. The van der Waals surface area contributed by atoms with Gasteiger partial charge in [0.05, 0.1) is 16.1 Å². The third-order valence-corrected chi connectivity index (χ3v) is 5.86. The molecule has 0 atom stereocenters. The zero-order valence-corrected chi connectivity index (χ0v) is 15.5. The summed E-state index contributed by atoms with van der Waals surface area (Å²) < 4.78 is 26.8. The second kappa shape index (κ2) is 6.86. The molecule has 0 radical (unpaired) electrons. The Labute approximate surface area is 152 Å². The fourth-order valence-corrected chi connectivity index (χ4v) is 3.81. The highest BCUT2D eigenvalue weighted by Crippen LogP contribution is 2.24. The van der Waals surface area contributed by atoms with Crippen molar-refractivity contribution in [3.8, 4) is 0 Å². The number of benzene rings is 2. The van der Waals surface area contributed by atoms with E-state index in [0.717, 1.165) is 10.9 Å². The summed E-state index contributed by atoms with van der Waals surface area (Å²) in [5, 5.41) is 3.73. The molecule has 3 rings (SSSR count). The minimum atomic E-state index is -3.66. The number of fused-ring (bicyclic) bond motifs is 1. The van der Waals surface area contributed by atoms with Gasteiger partial charge < -0.3 is 5.32 Å². The Morgan fingerprint density at radius 3 is 2.54 bits per heavy atom. The molecule has 0 bridgehead atoms. The minimum Gasteiger partial charge on any atom is -0.320 e. The van der Waals surface area contributed by atoms with E-state index in [1.807, 2.05) is 24.3 Å². The van der Waals surface area contributed by atoms with Crippen LogP contribution in [0.1, 0.15) is 21.5 Å². The normalized spacial score (nSPS) is 11.5. The molecule has 0 spiro atoms. The van der Waals surface area contributed by atoms with Crippen LogP contribution in [0.2, 0.25) is 0 Å². The second-order valence-corrected chi connectivity index (χ2v) is 7.81. The molecule has 0 saturated heterocycles. The number of nitrogens with zero attached hydrogens (tertiary/aromatic N) is 1. The van der Waals surface area contributed by atoms with E-state index in [-0.39, 0.29) is 16.4 Å². The number of sulfonamides is 1. The van der Waals surface area contributed by atoms with Crippen molar-refractivity contribution < 1.29 is 13.2 Å². The van der Waals surface area contributed by atoms with Crippen molar-refractivity contribution >= 4 is 32.5 Å². The number of carbonyl (C=O) groups excluding carboxylic acids is 1. The molecule has 2 aromatic carbocycles. The van der Waals surface area contributed by atoms with Gasteiger partial charge >= 0.3 is 0 Å². The number of aromatic nitrogens is 1. The van der Waals surface area contributed by atoms with E-state index in [4.69, 9.17) is 0 Å². The highest BCUT2D eigenvalue weighted by Gasteiger charge is 2.19. The molecule has 0 aliphatic heterocycles. The molecule has 0 unspecified atom stereocenters. The number of nitrogens with one attached hydrogen (secondary N) is 2. The Balaban J connectivity index is 2.03. The standard InChI is InChI=1S/C19H19N3O3S/c1-12-10-15(11-17(13(12)2)26(24,25)20-3)19(23)22-16-8-4-6-14-7-5-9-21-18(14)16/h4-11,20H,1-3H3,(H,22,23). The number of amides is 1. The van der Waals surface area contributed by atoms with Gasteiger partial charge in [-0.1, -0.05) is 18.2 Å². The summed E-state index contributed by atoms with van der Waals surface area (Å²) in [4.78, 5) is 17.1. The number of anilines is 1. The molecule has 6 nitrogen and oxygen atoms in total. The van der Waals surface area contributed by atoms with Crippen molar-refractivity contribution in [3.63, 3.8) is 0 Å². The van der Waals surface area contributed by atoms with Crippen LogP contribution in [0.3, 0.4) is 0 Å². The fourth-order valence-electron chi connectivity index (χ4n) is 2.75. The Hall–Kier alpha value is -2.77. The van der Waals surface area contributed by atoms with Crippen LogP contribution in [0.4, 0.5) is 5.69 Å². The van der Waals surface area contributed by atoms with E-state index < -0.39 is 10.0 Å². The molecule has 0 saturated carbocycles. The van der Waals surface area contributed by atoms with Crippen LogP contribution < -0.4 is 10.0 Å². The van der Waals surface area contributed by atoms with Crippen LogP contribution >= 0.6 is 0 Å². The maximum Gasteiger partial charge on any atom is 0.255 e. The predicted molar refractivity (Wildman–Crippen MR) is 102 cm³/mol. The molecule has 1 aromatic heterocycles. The summed E-state index contributed by atoms with van der Waals surface area (Å²) in [6, 6.07) is 12.3. The lowest BCUT2D eigenvalue weighted by Crippen LogP contribution is -2.21. The van der Waals surface area contributed by atoms with Gasteiger partial charge in [-0.05, 0) is 56.3 Å². The average molecular weight is 369 g/mol. The monoisotopic (exact) mass is 369 g/mol. The van der Waals surface area contributed by atoms with Crippen LogP contribution in [0.25, 0.3) is 10.9 Å². The first-order valence-electron chi connectivity index (χ1n) is 8.03. The quantitative estimate of drug-likeness (QED) is 0.740. The largest absolute Gasteiger partial charge is 0.320 e. The van der Waals surface area contributed by atoms with Crippen molar-refractivity contribution in [3.05, 3.63) is 65.4 Å². The summed E-state index contributed by atoms with van der Waals surface area (Å²) in [7, 11) is -2.31. The minimum absolute atomic E-state index is 0.0983. The molecule has 7 heteroatoms. The summed E-state index contributed by atoms with van der Waals surface area (Å²) in [5.74, 6) is -0.390. The van der Waals surface area contributed by atoms with Gasteiger partial charge in [-0.2, -0.15) is 0 Å². The van der Waals surface area contributed by atoms with Crippen LogP contribution in [0.15, 0.2) is 53.6 Å². The smallest absolute Gasteiger partial charge is 0.255 e. The van der Waals surface area contributed by atoms with Gasteiger partial charge in [0.15, 0.2) is 0 Å². The molecule has 0 fully saturated rings.